The van der Waals surface area contributed by atoms with Crippen LogP contribution in [0.3, 0.4) is 0 Å². The van der Waals surface area contributed by atoms with Gasteiger partial charge in [-0.2, -0.15) is 22.7 Å². The Morgan fingerprint density at radius 3 is 1.50 bits per heavy atom. The van der Waals surface area contributed by atoms with Crippen LogP contribution in [0.1, 0.15) is 0 Å². The first kappa shape index (κ1) is 11.3. The van der Waals surface area contributed by atoms with E-state index >= 15 is 0 Å². The zero-order valence-electron chi connectivity index (χ0n) is 9.59. The summed E-state index contributed by atoms with van der Waals surface area (Å²) in [5.41, 5.74) is 18.1. The molecule has 0 fully saturated rings. The zero-order valence-corrected chi connectivity index (χ0v) is 11.2. The summed E-state index contributed by atoms with van der Waals surface area (Å²) in [6.07, 6.45) is 0. The van der Waals surface area contributed by atoms with Gasteiger partial charge in [-0.3, -0.25) is 0 Å². The van der Waals surface area contributed by atoms with E-state index in [9.17, 15) is 0 Å². The Morgan fingerprint density at radius 2 is 1.17 bits per heavy atom. The molecule has 0 radical (unpaired) electrons. The minimum Gasteiger partial charge on any atom is -0.398 e. The summed E-state index contributed by atoms with van der Waals surface area (Å²) in [4.78, 5) is 0. The molecule has 0 atom stereocenters. The van der Waals surface area contributed by atoms with E-state index in [1.54, 1.807) is 22.7 Å². The number of nitrogens with two attached hydrogens (primary N) is 2. The Morgan fingerprint density at radius 1 is 0.722 bits per heavy atom. The predicted octanol–water partition coefficient (Wildman–Crippen LogP) is 4.31. The highest BCUT2D eigenvalue weighted by Crippen LogP contribution is 2.36. The normalized spacial score (nSPS) is 10.7. The molecular formula is C14H12N2S2. The molecule has 1 aromatic carbocycles. The van der Waals surface area contributed by atoms with Crippen LogP contribution in [-0.4, -0.2) is 0 Å². The minimum atomic E-state index is 0.767. The van der Waals surface area contributed by atoms with Crippen LogP contribution in [0.25, 0.3) is 22.3 Å². The molecule has 0 spiro atoms. The average Bonchev–Trinajstić information content (AvgIpc) is 3.02. The second-order valence-electron chi connectivity index (χ2n) is 4.05. The monoisotopic (exact) mass is 272 g/mol. The van der Waals surface area contributed by atoms with Crippen molar-refractivity contribution in [1.29, 1.82) is 0 Å². The lowest BCUT2D eigenvalue weighted by molar-refractivity contribution is 1.62. The molecule has 90 valence electrons. The summed E-state index contributed by atoms with van der Waals surface area (Å²) >= 11 is 3.31. The van der Waals surface area contributed by atoms with Gasteiger partial charge in [0.2, 0.25) is 0 Å². The summed E-state index contributed by atoms with van der Waals surface area (Å²) < 4.78 is 0. The molecule has 0 bridgehead atoms. The van der Waals surface area contributed by atoms with E-state index in [-0.39, 0.29) is 0 Å². The average molecular weight is 272 g/mol. The lowest BCUT2D eigenvalue weighted by Crippen LogP contribution is -1.95. The molecule has 4 heteroatoms. The highest BCUT2D eigenvalue weighted by Gasteiger charge is 2.09. The fourth-order valence-electron chi connectivity index (χ4n) is 1.97. The van der Waals surface area contributed by atoms with Crippen LogP contribution in [-0.2, 0) is 0 Å². The number of nitrogen functional groups attached to an aromatic ring is 2. The maximum Gasteiger partial charge on any atom is 0.0401 e. The molecule has 3 rings (SSSR count). The topological polar surface area (TPSA) is 52.0 Å². The van der Waals surface area contributed by atoms with Crippen LogP contribution in [0.15, 0.2) is 45.8 Å². The second kappa shape index (κ2) is 4.48. The van der Waals surface area contributed by atoms with Gasteiger partial charge in [0, 0.05) is 22.5 Å². The summed E-state index contributed by atoms with van der Waals surface area (Å²) in [5, 5.41) is 8.24. The van der Waals surface area contributed by atoms with Gasteiger partial charge in [-0.25, -0.2) is 0 Å². The van der Waals surface area contributed by atoms with E-state index in [0.717, 1.165) is 33.6 Å². The van der Waals surface area contributed by atoms with Crippen LogP contribution in [0.5, 0.6) is 0 Å². The van der Waals surface area contributed by atoms with Crippen LogP contribution < -0.4 is 11.5 Å². The lowest BCUT2D eigenvalue weighted by Gasteiger charge is -2.10. The third-order valence-corrected chi connectivity index (χ3v) is 4.25. The van der Waals surface area contributed by atoms with Crippen molar-refractivity contribution in [2.45, 2.75) is 0 Å². The van der Waals surface area contributed by atoms with E-state index in [1.807, 2.05) is 22.9 Å². The molecule has 4 N–H and O–H groups in total. The number of thiophene rings is 2. The van der Waals surface area contributed by atoms with Crippen molar-refractivity contribution in [1.82, 2.24) is 0 Å². The summed E-state index contributed by atoms with van der Waals surface area (Å²) in [6.45, 7) is 0. The molecule has 0 saturated carbocycles. The molecule has 2 heterocycles. The van der Waals surface area contributed by atoms with Gasteiger partial charge in [-0.05, 0) is 56.9 Å². The van der Waals surface area contributed by atoms with Gasteiger partial charge in [-0.1, -0.05) is 0 Å². The number of hydrogen-bond donors (Lipinski definition) is 2. The highest BCUT2D eigenvalue weighted by atomic mass is 32.1. The first-order chi connectivity index (χ1) is 8.75. The van der Waals surface area contributed by atoms with Crippen LogP contribution in [0.2, 0.25) is 0 Å². The molecule has 0 aliphatic heterocycles. The second-order valence-corrected chi connectivity index (χ2v) is 5.61. The lowest BCUT2D eigenvalue weighted by atomic mass is 9.99. The highest BCUT2D eigenvalue weighted by molar-refractivity contribution is 7.08. The number of anilines is 2. The van der Waals surface area contributed by atoms with E-state index in [0.29, 0.717) is 0 Å². The fraction of sp³-hybridized carbons (Fsp3) is 0. The molecule has 2 nitrogen and oxygen atoms in total. The van der Waals surface area contributed by atoms with Gasteiger partial charge in [-0.15, -0.1) is 0 Å². The van der Waals surface area contributed by atoms with Crippen molar-refractivity contribution in [3.05, 3.63) is 45.8 Å². The van der Waals surface area contributed by atoms with Gasteiger partial charge >= 0.3 is 0 Å². The Balaban J connectivity index is 2.15. The van der Waals surface area contributed by atoms with E-state index in [1.165, 1.54) is 0 Å². The van der Waals surface area contributed by atoms with Crippen LogP contribution in [0, 0.1) is 0 Å². The van der Waals surface area contributed by atoms with Crippen LogP contribution in [0.4, 0.5) is 11.4 Å². The summed E-state index contributed by atoms with van der Waals surface area (Å²) in [7, 11) is 0. The molecule has 0 aliphatic rings. The molecule has 0 unspecified atom stereocenters. The van der Waals surface area contributed by atoms with E-state index in [2.05, 4.69) is 22.9 Å². The third-order valence-electron chi connectivity index (χ3n) is 2.89. The van der Waals surface area contributed by atoms with Gasteiger partial charge in [0.1, 0.15) is 0 Å². The number of benzene rings is 1. The quantitative estimate of drug-likeness (QED) is 0.683. The Bertz CT molecular complexity index is 595. The zero-order chi connectivity index (χ0) is 12.5. The van der Waals surface area contributed by atoms with E-state index in [4.69, 9.17) is 11.5 Å². The van der Waals surface area contributed by atoms with Gasteiger partial charge in [0.05, 0.1) is 0 Å². The van der Waals surface area contributed by atoms with Crippen molar-refractivity contribution in [3.8, 4) is 22.3 Å². The number of rotatable bonds is 2. The summed E-state index contributed by atoms with van der Waals surface area (Å²) in [5.74, 6) is 0. The Kier molecular flexibility index (Phi) is 2.81. The molecule has 0 amide bonds. The summed E-state index contributed by atoms with van der Waals surface area (Å²) in [6, 6.07) is 8.04. The standard InChI is InChI=1S/C14H12N2S2/c15-13-6-12(10-2-4-18-8-10)14(16)5-11(13)9-1-3-17-7-9/h1-8H,15-16H2. The maximum atomic E-state index is 6.14. The van der Waals surface area contributed by atoms with Crippen LogP contribution >= 0.6 is 22.7 Å². The number of hydrogen-bond acceptors (Lipinski definition) is 4. The Labute approximate surface area is 114 Å². The smallest absolute Gasteiger partial charge is 0.0401 e. The van der Waals surface area contributed by atoms with Gasteiger partial charge < -0.3 is 11.5 Å². The van der Waals surface area contributed by atoms with Gasteiger partial charge in [0.15, 0.2) is 0 Å². The molecule has 0 aliphatic carbocycles. The Hall–Kier alpha value is -1.78. The van der Waals surface area contributed by atoms with Crippen molar-refractivity contribution < 1.29 is 0 Å². The molecule has 18 heavy (non-hydrogen) atoms. The molecular weight excluding hydrogens is 260 g/mol. The van der Waals surface area contributed by atoms with Gasteiger partial charge in [0.25, 0.3) is 0 Å². The first-order valence-corrected chi connectivity index (χ1v) is 7.38. The van der Waals surface area contributed by atoms with Crippen molar-refractivity contribution in [2.24, 2.45) is 0 Å². The van der Waals surface area contributed by atoms with E-state index < -0.39 is 0 Å². The molecule has 3 aromatic rings. The largest absolute Gasteiger partial charge is 0.398 e. The predicted molar refractivity (Wildman–Crippen MR) is 81.9 cm³/mol. The third kappa shape index (κ3) is 1.89. The van der Waals surface area contributed by atoms with Crippen molar-refractivity contribution in [2.75, 3.05) is 11.5 Å². The minimum absolute atomic E-state index is 0.767. The molecule has 0 saturated heterocycles. The first-order valence-electron chi connectivity index (χ1n) is 5.50. The fourth-order valence-corrected chi connectivity index (χ4v) is 3.28. The maximum absolute atomic E-state index is 6.14. The van der Waals surface area contributed by atoms with Crippen molar-refractivity contribution >= 4 is 34.0 Å². The molecule has 2 aromatic heterocycles. The van der Waals surface area contributed by atoms with Crippen molar-refractivity contribution in [3.63, 3.8) is 0 Å². The SMILES string of the molecule is Nc1cc(-c2ccsc2)c(N)cc1-c1ccsc1.